The summed E-state index contributed by atoms with van der Waals surface area (Å²) in [4.78, 5) is 33.8. The molecule has 1 aromatic carbocycles. The molecule has 1 atom stereocenters. The van der Waals surface area contributed by atoms with Gasteiger partial charge in [0.15, 0.2) is 0 Å². The molecule has 0 fully saturated rings. The highest BCUT2D eigenvalue weighted by Crippen LogP contribution is 2.31. The third kappa shape index (κ3) is 5.54. The smallest absolute Gasteiger partial charge is 0.307 e. The van der Waals surface area contributed by atoms with Gasteiger partial charge in [0.1, 0.15) is 0 Å². The summed E-state index contributed by atoms with van der Waals surface area (Å²) in [5.74, 6) is -2.13. The molecule has 6 nitrogen and oxygen atoms in total. The zero-order valence-electron chi connectivity index (χ0n) is 11.8. The first-order chi connectivity index (χ1) is 10.3. The Morgan fingerprint density at radius 3 is 2.55 bits per heavy atom. The van der Waals surface area contributed by atoms with Crippen molar-refractivity contribution in [3.63, 3.8) is 0 Å². The molecule has 1 amide bonds. The highest BCUT2D eigenvalue weighted by molar-refractivity contribution is 6.42. The number of hydrogen-bond acceptors (Lipinski definition) is 4. The Labute approximate surface area is 137 Å². The number of benzene rings is 1. The second-order valence-electron chi connectivity index (χ2n) is 4.44. The lowest BCUT2D eigenvalue weighted by Gasteiger charge is -2.19. The minimum Gasteiger partial charge on any atom is -0.481 e. The van der Waals surface area contributed by atoms with Crippen LogP contribution >= 0.6 is 23.2 Å². The molecule has 22 heavy (non-hydrogen) atoms. The van der Waals surface area contributed by atoms with Gasteiger partial charge in [-0.2, -0.15) is 0 Å². The van der Waals surface area contributed by atoms with Gasteiger partial charge in [-0.25, -0.2) is 0 Å². The van der Waals surface area contributed by atoms with E-state index < -0.39 is 23.9 Å². The van der Waals surface area contributed by atoms with Crippen LogP contribution < -0.4 is 5.32 Å². The molecule has 8 heteroatoms. The Hall–Kier alpha value is -1.79. The number of aliphatic carboxylic acids is 1. The average molecular weight is 348 g/mol. The number of carboxylic acid groups (broad SMARTS) is 1. The molecule has 2 N–H and O–H groups in total. The van der Waals surface area contributed by atoms with Gasteiger partial charge in [-0.15, -0.1) is 0 Å². The molecule has 0 aliphatic rings. The van der Waals surface area contributed by atoms with Crippen molar-refractivity contribution in [1.29, 1.82) is 0 Å². The summed E-state index contributed by atoms with van der Waals surface area (Å²) < 4.78 is 4.59. The van der Waals surface area contributed by atoms with Crippen LogP contribution in [0.2, 0.25) is 10.0 Å². The van der Waals surface area contributed by atoms with E-state index in [1.54, 1.807) is 18.2 Å². The van der Waals surface area contributed by atoms with Gasteiger partial charge in [-0.05, 0) is 11.6 Å². The molecular weight excluding hydrogens is 333 g/mol. The quantitative estimate of drug-likeness (QED) is 0.739. The summed E-state index contributed by atoms with van der Waals surface area (Å²) in [5, 5.41) is 11.7. The van der Waals surface area contributed by atoms with Crippen LogP contribution in [-0.4, -0.2) is 30.1 Å². The maximum Gasteiger partial charge on any atom is 0.307 e. The van der Waals surface area contributed by atoms with Crippen molar-refractivity contribution in [2.75, 3.05) is 7.11 Å². The monoisotopic (exact) mass is 347 g/mol. The standard InChI is InChI=1S/C14H15Cl2NO5/c1-22-13(21)7-10(17-11(18)5-6-12(19)20)8-3-2-4-9(15)14(8)16/h2-4,10H,5-7H2,1H3,(H,17,18)(H,19,20). The van der Waals surface area contributed by atoms with Crippen LogP contribution in [0, 0.1) is 0 Å². The van der Waals surface area contributed by atoms with Crippen molar-refractivity contribution in [2.24, 2.45) is 0 Å². The van der Waals surface area contributed by atoms with Crippen LogP contribution in [0.25, 0.3) is 0 Å². The summed E-state index contributed by atoms with van der Waals surface area (Å²) in [6.45, 7) is 0. The summed E-state index contributed by atoms with van der Waals surface area (Å²) in [7, 11) is 1.23. The molecule has 0 heterocycles. The van der Waals surface area contributed by atoms with Crippen LogP contribution in [0.5, 0.6) is 0 Å². The highest BCUT2D eigenvalue weighted by atomic mass is 35.5. The lowest BCUT2D eigenvalue weighted by atomic mass is 10.0. The lowest BCUT2D eigenvalue weighted by molar-refractivity contribution is -0.142. The van der Waals surface area contributed by atoms with E-state index >= 15 is 0 Å². The zero-order valence-corrected chi connectivity index (χ0v) is 13.3. The van der Waals surface area contributed by atoms with E-state index in [9.17, 15) is 14.4 Å². The van der Waals surface area contributed by atoms with Crippen molar-refractivity contribution in [1.82, 2.24) is 5.32 Å². The first-order valence-electron chi connectivity index (χ1n) is 6.37. The van der Waals surface area contributed by atoms with Crippen LogP contribution in [0.1, 0.15) is 30.9 Å². The van der Waals surface area contributed by atoms with Crippen molar-refractivity contribution in [2.45, 2.75) is 25.3 Å². The van der Waals surface area contributed by atoms with Gasteiger partial charge in [0.25, 0.3) is 0 Å². The zero-order chi connectivity index (χ0) is 16.7. The van der Waals surface area contributed by atoms with Crippen LogP contribution in [0.4, 0.5) is 0 Å². The Kier molecular flexibility index (Phi) is 7.14. The maximum absolute atomic E-state index is 11.8. The fourth-order valence-electron chi connectivity index (χ4n) is 1.77. The first-order valence-corrected chi connectivity index (χ1v) is 7.12. The molecule has 0 bridgehead atoms. The number of carbonyl (C=O) groups is 3. The topological polar surface area (TPSA) is 92.7 Å². The van der Waals surface area contributed by atoms with Gasteiger partial charge >= 0.3 is 11.9 Å². The number of methoxy groups -OCH3 is 1. The molecule has 0 radical (unpaired) electrons. The summed E-state index contributed by atoms with van der Waals surface area (Å²) in [6, 6.07) is 4.09. The predicted octanol–water partition coefficient (Wildman–Crippen LogP) is 2.58. The molecule has 0 saturated carbocycles. The van der Waals surface area contributed by atoms with Crippen molar-refractivity contribution >= 4 is 41.0 Å². The Morgan fingerprint density at radius 2 is 1.95 bits per heavy atom. The van der Waals surface area contributed by atoms with Gasteiger partial charge in [0, 0.05) is 6.42 Å². The normalized spacial score (nSPS) is 11.6. The van der Waals surface area contributed by atoms with Gasteiger partial charge in [0.05, 0.1) is 36.0 Å². The second kappa shape index (κ2) is 8.60. The number of nitrogens with one attached hydrogen (secondary N) is 1. The van der Waals surface area contributed by atoms with Crippen molar-refractivity contribution in [3.8, 4) is 0 Å². The summed E-state index contributed by atoms with van der Waals surface area (Å²) in [6.07, 6.45) is -0.652. The molecule has 0 saturated heterocycles. The van der Waals surface area contributed by atoms with Crippen molar-refractivity contribution in [3.05, 3.63) is 33.8 Å². The number of esters is 1. The summed E-state index contributed by atoms with van der Waals surface area (Å²) in [5.41, 5.74) is 0.461. The number of carbonyl (C=O) groups excluding carboxylic acids is 2. The Bertz CT molecular complexity index is 576. The first kappa shape index (κ1) is 18.3. The van der Waals surface area contributed by atoms with E-state index in [0.717, 1.165) is 0 Å². The van der Waals surface area contributed by atoms with Gasteiger partial charge < -0.3 is 15.2 Å². The van der Waals surface area contributed by atoms with Gasteiger partial charge in [-0.3, -0.25) is 14.4 Å². The van der Waals surface area contributed by atoms with E-state index in [2.05, 4.69) is 10.1 Å². The fourth-order valence-corrected chi connectivity index (χ4v) is 2.20. The maximum atomic E-state index is 11.8. The lowest BCUT2D eigenvalue weighted by Crippen LogP contribution is -2.31. The van der Waals surface area contributed by atoms with E-state index in [-0.39, 0.29) is 29.3 Å². The minimum absolute atomic E-state index is 0.143. The van der Waals surface area contributed by atoms with E-state index in [0.29, 0.717) is 5.56 Å². The number of ether oxygens (including phenoxy) is 1. The van der Waals surface area contributed by atoms with E-state index in [1.165, 1.54) is 7.11 Å². The number of hydrogen-bond donors (Lipinski definition) is 2. The summed E-state index contributed by atoms with van der Waals surface area (Å²) >= 11 is 12.0. The van der Waals surface area contributed by atoms with Gasteiger partial charge in [0.2, 0.25) is 5.91 Å². The molecule has 1 aromatic rings. The van der Waals surface area contributed by atoms with Crippen LogP contribution in [0.15, 0.2) is 18.2 Å². The van der Waals surface area contributed by atoms with Gasteiger partial charge in [-0.1, -0.05) is 35.3 Å². The highest BCUT2D eigenvalue weighted by Gasteiger charge is 2.22. The van der Waals surface area contributed by atoms with Crippen LogP contribution in [-0.2, 0) is 19.1 Å². The fraction of sp³-hybridized carbons (Fsp3) is 0.357. The van der Waals surface area contributed by atoms with Crippen LogP contribution in [0.3, 0.4) is 0 Å². The number of rotatable bonds is 7. The molecule has 1 unspecified atom stereocenters. The molecule has 0 aromatic heterocycles. The third-order valence-electron chi connectivity index (χ3n) is 2.86. The Morgan fingerprint density at radius 1 is 1.27 bits per heavy atom. The van der Waals surface area contributed by atoms with E-state index in [1.807, 2.05) is 0 Å². The SMILES string of the molecule is COC(=O)CC(NC(=O)CCC(=O)O)c1cccc(Cl)c1Cl. The Balaban J connectivity index is 2.93. The molecule has 0 aliphatic carbocycles. The number of halogens is 2. The number of carboxylic acids is 1. The molecular formula is C14H15Cl2NO5. The largest absolute Gasteiger partial charge is 0.481 e. The van der Waals surface area contributed by atoms with Crippen molar-refractivity contribution < 1.29 is 24.2 Å². The average Bonchev–Trinajstić information content (AvgIpc) is 2.47. The predicted molar refractivity (Wildman–Crippen MR) is 80.8 cm³/mol. The molecule has 120 valence electrons. The third-order valence-corrected chi connectivity index (χ3v) is 3.69. The van der Waals surface area contributed by atoms with E-state index in [4.69, 9.17) is 28.3 Å². The molecule has 0 spiro atoms. The molecule has 0 aliphatic heterocycles. The second-order valence-corrected chi connectivity index (χ2v) is 5.22. The minimum atomic E-state index is -1.08. The molecule has 1 rings (SSSR count). The number of amides is 1.